The molecule has 0 fully saturated rings. The molecule has 0 radical (unpaired) electrons. The van der Waals surface area contributed by atoms with Gasteiger partial charge in [0.1, 0.15) is 5.75 Å². The lowest BCUT2D eigenvalue weighted by Crippen LogP contribution is -2.07. The number of ether oxygens (including phenoxy) is 2. The summed E-state index contributed by atoms with van der Waals surface area (Å²) >= 11 is 0. The van der Waals surface area contributed by atoms with E-state index in [-0.39, 0.29) is 17.5 Å². The molecule has 0 heterocycles. The summed E-state index contributed by atoms with van der Waals surface area (Å²) in [5.41, 5.74) is 8.24. The Morgan fingerprint density at radius 3 is 2.14 bits per heavy atom. The Hall–Kier alpha value is -2.23. The SMILES string of the molecule is Cc1cc(C)cc(Oc2cc(OC(C)C)c(F)cc2N)c1. The summed E-state index contributed by atoms with van der Waals surface area (Å²) in [5.74, 6) is 0.700. The maximum absolute atomic E-state index is 13.8. The number of hydrogen-bond donors (Lipinski definition) is 1. The number of aryl methyl sites for hydroxylation is 2. The molecule has 0 bridgehead atoms. The van der Waals surface area contributed by atoms with E-state index in [4.69, 9.17) is 15.2 Å². The van der Waals surface area contributed by atoms with Crippen LogP contribution in [0.5, 0.6) is 17.2 Å². The highest BCUT2D eigenvalue weighted by Gasteiger charge is 2.12. The summed E-state index contributed by atoms with van der Waals surface area (Å²) in [4.78, 5) is 0. The molecule has 21 heavy (non-hydrogen) atoms. The van der Waals surface area contributed by atoms with Crippen molar-refractivity contribution in [2.45, 2.75) is 33.8 Å². The summed E-state index contributed by atoms with van der Waals surface area (Å²) in [6.45, 7) is 7.64. The molecule has 2 aromatic rings. The van der Waals surface area contributed by atoms with Crippen LogP contribution < -0.4 is 15.2 Å². The average Bonchev–Trinajstić information content (AvgIpc) is 2.33. The summed E-state index contributed by atoms with van der Waals surface area (Å²) < 4.78 is 25.0. The third kappa shape index (κ3) is 3.88. The third-order valence-electron chi connectivity index (χ3n) is 2.85. The number of benzene rings is 2. The molecule has 4 heteroatoms. The Balaban J connectivity index is 2.34. The highest BCUT2D eigenvalue weighted by Crippen LogP contribution is 2.34. The molecule has 0 amide bonds. The van der Waals surface area contributed by atoms with Gasteiger partial charge in [-0.3, -0.25) is 0 Å². The molecular formula is C17H20FNO2. The van der Waals surface area contributed by atoms with Crippen molar-refractivity contribution in [3.63, 3.8) is 0 Å². The Bertz CT molecular complexity index is 633. The first kappa shape index (κ1) is 15.2. The van der Waals surface area contributed by atoms with Crippen molar-refractivity contribution < 1.29 is 13.9 Å². The lowest BCUT2D eigenvalue weighted by atomic mass is 10.1. The summed E-state index contributed by atoms with van der Waals surface area (Å²) in [6.07, 6.45) is -0.128. The predicted octanol–water partition coefficient (Wildman–Crippen LogP) is 4.60. The smallest absolute Gasteiger partial charge is 0.167 e. The van der Waals surface area contributed by atoms with Gasteiger partial charge in [-0.05, 0) is 51.0 Å². The molecule has 0 unspecified atom stereocenters. The van der Waals surface area contributed by atoms with Crippen molar-refractivity contribution in [2.24, 2.45) is 0 Å². The van der Waals surface area contributed by atoms with Gasteiger partial charge in [-0.15, -0.1) is 0 Å². The minimum atomic E-state index is -0.492. The van der Waals surface area contributed by atoms with Crippen LogP contribution in [0.3, 0.4) is 0 Å². The lowest BCUT2D eigenvalue weighted by Gasteiger charge is -2.15. The number of halogens is 1. The maximum Gasteiger partial charge on any atom is 0.167 e. The second-order valence-electron chi connectivity index (χ2n) is 5.41. The number of anilines is 1. The standard InChI is InChI=1S/C17H20FNO2/c1-10(2)20-16-9-17(15(19)8-14(16)18)21-13-6-11(3)5-12(4)7-13/h5-10H,19H2,1-4H3. The first-order valence-corrected chi connectivity index (χ1v) is 6.87. The lowest BCUT2D eigenvalue weighted by molar-refractivity contribution is 0.230. The van der Waals surface area contributed by atoms with Crippen molar-refractivity contribution in [3.05, 3.63) is 47.3 Å². The molecule has 0 aromatic heterocycles. The largest absolute Gasteiger partial charge is 0.488 e. The molecule has 0 spiro atoms. The molecule has 0 atom stereocenters. The van der Waals surface area contributed by atoms with Gasteiger partial charge in [-0.25, -0.2) is 4.39 Å². The van der Waals surface area contributed by atoms with E-state index < -0.39 is 5.82 Å². The monoisotopic (exact) mass is 289 g/mol. The molecule has 2 N–H and O–H groups in total. The highest BCUT2D eigenvalue weighted by atomic mass is 19.1. The van der Waals surface area contributed by atoms with Crippen LogP contribution in [-0.2, 0) is 0 Å². The molecule has 0 aliphatic carbocycles. The van der Waals surface area contributed by atoms with E-state index in [0.29, 0.717) is 11.5 Å². The van der Waals surface area contributed by atoms with Gasteiger partial charge in [-0.1, -0.05) is 6.07 Å². The minimum absolute atomic E-state index is 0.128. The minimum Gasteiger partial charge on any atom is -0.488 e. The van der Waals surface area contributed by atoms with E-state index in [2.05, 4.69) is 0 Å². The topological polar surface area (TPSA) is 44.5 Å². The van der Waals surface area contributed by atoms with Gasteiger partial charge < -0.3 is 15.2 Å². The Labute approximate surface area is 124 Å². The summed E-state index contributed by atoms with van der Waals surface area (Å²) in [7, 11) is 0. The van der Waals surface area contributed by atoms with Gasteiger partial charge in [0.15, 0.2) is 17.3 Å². The zero-order valence-electron chi connectivity index (χ0n) is 12.7. The van der Waals surface area contributed by atoms with Gasteiger partial charge in [0.25, 0.3) is 0 Å². The zero-order chi connectivity index (χ0) is 15.6. The van der Waals surface area contributed by atoms with Gasteiger partial charge in [0.05, 0.1) is 11.8 Å². The molecule has 2 rings (SSSR count). The van der Waals surface area contributed by atoms with E-state index in [0.717, 1.165) is 11.1 Å². The summed E-state index contributed by atoms with van der Waals surface area (Å²) in [6, 6.07) is 8.56. The molecule has 0 aliphatic rings. The van der Waals surface area contributed by atoms with Crippen LogP contribution in [0.1, 0.15) is 25.0 Å². The molecule has 112 valence electrons. The molecule has 2 aromatic carbocycles. The maximum atomic E-state index is 13.8. The second-order valence-corrected chi connectivity index (χ2v) is 5.41. The van der Waals surface area contributed by atoms with E-state index in [1.807, 2.05) is 45.9 Å². The third-order valence-corrected chi connectivity index (χ3v) is 2.85. The number of hydrogen-bond acceptors (Lipinski definition) is 3. The van der Waals surface area contributed by atoms with E-state index in [9.17, 15) is 4.39 Å². The van der Waals surface area contributed by atoms with Gasteiger partial charge in [-0.2, -0.15) is 0 Å². The van der Waals surface area contributed by atoms with Crippen LogP contribution >= 0.6 is 0 Å². The van der Waals surface area contributed by atoms with Crippen LogP contribution in [-0.4, -0.2) is 6.10 Å². The number of nitrogen functional groups attached to an aromatic ring is 1. The van der Waals surface area contributed by atoms with Crippen molar-refractivity contribution >= 4 is 5.69 Å². The van der Waals surface area contributed by atoms with Crippen LogP contribution in [0.4, 0.5) is 10.1 Å². The van der Waals surface area contributed by atoms with Gasteiger partial charge in [0.2, 0.25) is 0 Å². The normalized spacial score (nSPS) is 10.8. The zero-order valence-corrected chi connectivity index (χ0v) is 12.7. The van der Waals surface area contributed by atoms with Crippen LogP contribution in [0.15, 0.2) is 30.3 Å². The second kappa shape index (κ2) is 6.04. The van der Waals surface area contributed by atoms with Crippen molar-refractivity contribution in [1.82, 2.24) is 0 Å². The van der Waals surface area contributed by atoms with Crippen molar-refractivity contribution in [2.75, 3.05) is 5.73 Å². The number of rotatable bonds is 4. The molecule has 0 aliphatic heterocycles. The Kier molecular flexibility index (Phi) is 4.36. The fourth-order valence-electron chi connectivity index (χ4n) is 2.10. The van der Waals surface area contributed by atoms with Crippen LogP contribution in [0.2, 0.25) is 0 Å². The van der Waals surface area contributed by atoms with E-state index in [1.165, 1.54) is 12.1 Å². The Morgan fingerprint density at radius 2 is 1.57 bits per heavy atom. The number of nitrogens with two attached hydrogens (primary N) is 1. The predicted molar refractivity (Wildman–Crippen MR) is 82.6 cm³/mol. The highest BCUT2D eigenvalue weighted by molar-refractivity contribution is 5.58. The van der Waals surface area contributed by atoms with Crippen LogP contribution in [0, 0.1) is 19.7 Å². The first-order valence-electron chi connectivity index (χ1n) is 6.87. The fraction of sp³-hybridized carbons (Fsp3) is 0.294. The van der Waals surface area contributed by atoms with Crippen molar-refractivity contribution in [3.8, 4) is 17.2 Å². The average molecular weight is 289 g/mol. The Morgan fingerprint density at radius 1 is 0.952 bits per heavy atom. The van der Waals surface area contributed by atoms with Crippen LogP contribution in [0.25, 0.3) is 0 Å². The van der Waals surface area contributed by atoms with Crippen molar-refractivity contribution in [1.29, 1.82) is 0 Å². The molecule has 0 saturated heterocycles. The first-order chi connectivity index (χ1) is 9.85. The summed E-state index contributed by atoms with van der Waals surface area (Å²) in [5, 5.41) is 0. The quantitative estimate of drug-likeness (QED) is 0.836. The van der Waals surface area contributed by atoms with E-state index in [1.54, 1.807) is 0 Å². The van der Waals surface area contributed by atoms with Gasteiger partial charge >= 0.3 is 0 Å². The molecule has 0 saturated carbocycles. The molecular weight excluding hydrogens is 269 g/mol. The van der Waals surface area contributed by atoms with E-state index >= 15 is 0 Å². The van der Waals surface area contributed by atoms with Gasteiger partial charge in [0, 0.05) is 12.1 Å². The molecule has 3 nitrogen and oxygen atoms in total. The fourth-order valence-corrected chi connectivity index (χ4v) is 2.10.